The molecule has 1 atom stereocenters. The summed E-state index contributed by atoms with van der Waals surface area (Å²) in [7, 11) is 0. The van der Waals surface area contributed by atoms with Crippen LogP contribution in [0.2, 0.25) is 0 Å². The van der Waals surface area contributed by atoms with Gasteiger partial charge in [-0.05, 0) is 43.5 Å². The first-order chi connectivity index (χ1) is 8.70. The van der Waals surface area contributed by atoms with Gasteiger partial charge < -0.3 is 14.8 Å². The summed E-state index contributed by atoms with van der Waals surface area (Å²) < 4.78 is 7.04. The van der Waals surface area contributed by atoms with Gasteiger partial charge in [-0.25, -0.2) is 0 Å². The summed E-state index contributed by atoms with van der Waals surface area (Å²) in [6.07, 6.45) is 0. The summed E-state index contributed by atoms with van der Waals surface area (Å²) in [5, 5.41) is 12.7. The van der Waals surface area contributed by atoms with E-state index in [4.69, 9.17) is 4.42 Å². The first-order valence-corrected chi connectivity index (χ1v) is 7.12. The summed E-state index contributed by atoms with van der Waals surface area (Å²) in [5.74, 6) is 0.808. The third kappa shape index (κ3) is 3.45. The van der Waals surface area contributed by atoms with Crippen LogP contribution < -0.4 is 5.32 Å². The number of furan rings is 1. The molecule has 0 unspecified atom stereocenters. The second kappa shape index (κ2) is 6.52. The lowest BCUT2D eigenvalue weighted by Crippen LogP contribution is -2.23. The molecule has 2 aromatic rings. The second-order valence-electron chi connectivity index (χ2n) is 3.86. The molecule has 0 fully saturated rings. The van der Waals surface area contributed by atoms with Crippen LogP contribution in [0.25, 0.3) is 0 Å². The molecule has 0 saturated heterocycles. The molecule has 2 N–H and O–H groups in total. The van der Waals surface area contributed by atoms with Crippen LogP contribution in [0.3, 0.4) is 0 Å². The van der Waals surface area contributed by atoms with Crippen molar-refractivity contribution in [1.29, 1.82) is 0 Å². The molecule has 5 heteroatoms. The van der Waals surface area contributed by atoms with E-state index in [-0.39, 0.29) is 12.6 Å². The molecule has 0 aliphatic heterocycles. The van der Waals surface area contributed by atoms with Crippen LogP contribution in [0.5, 0.6) is 0 Å². The Kier molecular flexibility index (Phi) is 5.00. The molecule has 18 heavy (non-hydrogen) atoms. The van der Waals surface area contributed by atoms with E-state index in [1.54, 1.807) is 0 Å². The van der Waals surface area contributed by atoms with Gasteiger partial charge >= 0.3 is 0 Å². The average molecular weight is 375 g/mol. The Bertz CT molecular complexity index is 479. The van der Waals surface area contributed by atoms with Crippen molar-refractivity contribution < 1.29 is 9.52 Å². The summed E-state index contributed by atoms with van der Waals surface area (Å²) in [6, 6.07) is 11.7. The summed E-state index contributed by atoms with van der Waals surface area (Å²) in [5.41, 5.74) is 1.06. The predicted octanol–water partition coefficient (Wildman–Crippen LogP) is 3.63. The molecule has 0 saturated carbocycles. The normalized spacial score (nSPS) is 12.6. The van der Waals surface area contributed by atoms with Crippen molar-refractivity contribution in [1.82, 2.24) is 5.32 Å². The maximum Gasteiger partial charge on any atom is 0.183 e. The number of hydrogen-bond donors (Lipinski definition) is 2. The highest BCUT2D eigenvalue weighted by Crippen LogP contribution is 2.27. The monoisotopic (exact) mass is 373 g/mol. The van der Waals surface area contributed by atoms with E-state index in [2.05, 4.69) is 37.2 Å². The number of aliphatic hydroxyl groups is 1. The van der Waals surface area contributed by atoms with Gasteiger partial charge in [-0.15, -0.1) is 0 Å². The quantitative estimate of drug-likeness (QED) is 0.839. The molecule has 0 aliphatic carbocycles. The topological polar surface area (TPSA) is 45.4 Å². The minimum atomic E-state index is -0.0890. The zero-order chi connectivity index (χ0) is 13.0. The molecule has 96 valence electrons. The number of aliphatic hydroxyl groups excluding tert-OH is 1. The largest absolute Gasteiger partial charge is 0.452 e. The van der Waals surface area contributed by atoms with Crippen LogP contribution in [0.15, 0.2) is 50.0 Å². The third-order valence-electron chi connectivity index (χ3n) is 2.60. The molecule has 0 amide bonds. The Hall–Kier alpha value is -0.620. The van der Waals surface area contributed by atoms with Crippen LogP contribution in [0, 0.1) is 0 Å². The molecular weight excluding hydrogens is 362 g/mol. The molecule has 1 heterocycles. The van der Waals surface area contributed by atoms with Crippen LogP contribution in [0.4, 0.5) is 0 Å². The van der Waals surface area contributed by atoms with Crippen molar-refractivity contribution in [2.75, 3.05) is 6.61 Å². The maximum absolute atomic E-state index is 9.41. The Labute approximate surface area is 122 Å². The fraction of sp³-hybridized carbons (Fsp3) is 0.231. The van der Waals surface area contributed by atoms with E-state index >= 15 is 0 Å². The summed E-state index contributed by atoms with van der Waals surface area (Å²) in [6.45, 7) is 0.609. The predicted molar refractivity (Wildman–Crippen MR) is 77.2 cm³/mol. The number of hydrogen-bond acceptors (Lipinski definition) is 3. The number of halogens is 2. The Morgan fingerprint density at radius 3 is 2.50 bits per heavy atom. The van der Waals surface area contributed by atoms with Crippen molar-refractivity contribution >= 4 is 31.9 Å². The van der Waals surface area contributed by atoms with E-state index < -0.39 is 0 Å². The molecule has 0 aliphatic rings. The molecule has 3 nitrogen and oxygen atoms in total. The molecule has 0 radical (unpaired) electrons. The van der Waals surface area contributed by atoms with E-state index in [1.165, 1.54) is 0 Å². The molecule has 1 aromatic carbocycles. The van der Waals surface area contributed by atoms with Crippen LogP contribution in [-0.2, 0) is 6.54 Å². The van der Waals surface area contributed by atoms with Crippen LogP contribution in [-0.4, -0.2) is 11.7 Å². The highest BCUT2D eigenvalue weighted by molar-refractivity contribution is 9.13. The van der Waals surface area contributed by atoms with Crippen molar-refractivity contribution in [2.24, 2.45) is 0 Å². The first kappa shape index (κ1) is 13.8. The second-order valence-corrected chi connectivity index (χ2v) is 5.44. The zero-order valence-electron chi connectivity index (χ0n) is 9.57. The Balaban J connectivity index is 1.99. The molecule has 1 aromatic heterocycles. The standard InChI is InChI=1S/C13H13Br2NO2/c14-11-6-10(18-13(11)15)7-16-12(8-17)9-4-2-1-3-5-9/h1-6,12,16-17H,7-8H2/t12-/m0/s1. The van der Waals surface area contributed by atoms with Gasteiger partial charge in [0.05, 0.1) is 23.7 Å². The average Bonchev–Trinajstić information content (AvgIpc) is 2.71. The highest BCUT2D eigenvalue weighted by atomic mass is 79.9. The van der Waals surface area contributed by atoms with E-state index in [1.807, 2.05) is 36.4 Å². The lowest BCUT2D eigenvalue weighted by atomic mass is 10.1. The van der Waals surface area contributed by atoms with E-state index in [9.17, 15) is 5.11 Å². The van der Waals surface area contributed by atoms with Gasteiger partial charge in [-0.3, -0.25) is 0 Å². The smallest absolute Gasteiger partial charge is 0.183 e. The summed E-state index contributed by atoms with van der Waals surface area (Å²) in [4.78, 5) is 0. The van der Waals surface area contributed by atoms with Gasteiger partial charge in [0.25, 0.3) is 0 Å². The maximum atomic E-state index is 9.41. The molecule has 2 rings (SSSR count). The minimum Gasteiger partial charge on any atom is -0.452 e. The number of nitrogens with one attached hydrogen (secondary N) is 1. The van der Waals surface area contributed by atoms with Crippen molar-refractivity contribution in [2.45, 2.75) is 12.6 Å². The fourth-order valence-corrected chi connectivity index (χ4v) is 2.33. The van der Waals surface area contributed by atoms with Gasteiger partial charge in [0, 0.05) is 0 Å². The van der Waals surface area contributed by atoms with Gasteiger partial charge in [0.1, 0.15) is 5.76 Å². The number of benzene rings is 1. The SMILES string of the molecule is OC[C@H](NCc1cc(Br)c(Br)o1)c1ccccc1. The molecular formula is C13H13Br2NO2. The minimum absolute atomic E-state index is 0.0487. The van der Waals surface area contributed by atoms with Gasteiger partial charge in [-0.1, -0.05) is 30.3 Å². The molecule has 0 bridgehead atoms. The lowest BCUT2D eigenvalue weighted by Gasteiger charge is -2.15. The Morgan fingerprint density at radius 2 is 1.94 bits per heavy atom. The first-order valence-electron chi connectivity index (χ1n) is 5.53. The molecule has 0 spiro atoms. The van der Waals surface area contributed by atoms with E-state index in [0.29, 0.717) is 11.2 Å². The van der Waals surface area contributed by atoms with Gasteiger partial charge in [0.15, 0.2) is 4.67 Å². The van der Waals surface area contributed by atoms with E-state index in [0.717, 1.165) is 15.8 Å². The fourth-order valence-electron chi connectivity index (χ4n) is 1.68. The lowest BCUT2D eigenvalue weighted by molar-refractivity contribution is 0.240. The zero-order valence-corrected chi connectivity index (χ0v) is 12.7. The van der Waals surface area contributed by atoms with Crippen molar-refractivity contribution in [3.05, 3.63) is 56.9 Å². The highest BCUT2D eigenvalue weighted by Gasteiger charge is 2.11. The van der Waals surface area contributed by atoms with Crippen LogP contribution in [0.1, 0.15) is 17.4 Å². The van der Waals surface area contributed by atoms with Crippen LogP contribution >= 0.6 is 31.9 Å². The Morgan fingerprint density at radius 1 is 1.22 bits per heavy atom. The number of rotatable bonds is 5. The van der Waals surface area contributed by atoms with Crippen molar-refractivity contribution in [3.8, 4) is 0 Å². The third-order valence-corrected chi connectivity index (χ3v) is 4.31. The van der Waals surface area contributed by atoms with Gasteiger partial charge in [-0.2, -0.15) is 0 Å². The summed E-state index contributed by atoms with van der Waals surface area (Å²) >= 11 is 6.66. The van der Waals surface area contributed by atoms with Crippen molar-refractivity contribution in [3.63, 3.8) is 0 Å². The van der Waals surface area contributed by atoms with Gasteiger partial charge in [0.2, 0.25) is 0 Å².